The average Bonchev–Trinajstić information content (AvgIpc) is 2.76. The predicted octanol–water partition coefficient (Wildman–Crippen LogP) is 2.61. The zero-order valence-electron chi connectivity index (χ0n) is 10.8. The fourth-order valence-corrected chi connectivity index (χ4v) is 2.74. The molecule has 0 aliphatic heterocycles. The van der Waals surface area contributed by atoms with Gasteiger partial charge < -0.3 is 0 Å². The molecular weight excluding hydrogens is 288 g/mol. The van der Waals surface area contributed by atoms with Crippen LogP contribution in [0.1, 0.15) is 25.5 Å². The van der Waals surface area contributed by atoms with Crippen LogP contribution in [-0.2, 0) is 10.0 Å². The molecule has 2 N–H and O–H groups in total. The number of sulfonamides is 1. The number of halogens is 2. The summed E-state index contributed by atoms with van der Waals surface area (Å²) in [7, 11) is -4.37. The van der Waals surface area contributed by atoms with Gasteiger partial charge in [-0.2, -0.15) is 5.10 Å². The van der Waals surface area contributed by atoms with Gasteiger partial charge in [-0.1, -0.05) is 19.9 Å². The Morgan fingerprint density at radius 3 is 2.35 bits per heavy atom. The van der Waals surface area contributed by atoms with Crippen LogP contribution in [0.15, 0.2) is 29.2 Å². The molecule has 0 fully saturated rings. The molecule has 1 heterocycles. The summed E-state index contributed by atoms with van der Waals surface area (Å²) < 4.78 is 53.0. The maximum Gasteiger partial charge on any atom is 0.268 e. The standard InChI is InChI=1S/C12H13F2N3O2S/c1-7(2)10-6-11(16-15-10)17-20(18,19)12-8(13)4-3-5-9(12)14/h3-7H,1-2H3,(H2,15,16,17). The van der Waals surface area contributed by atoms with Crippen molar-refractivity contribution in [1.29, 1.82) is 0 Å². The first kappa shape index (κ1) is 14.4. The highest BCUT2D eigenvalue weighted by atomic mass is 32.2. The first-order valence-corrected chi connectivity index (χ1v) is 7.31. The van der Waals surface area contributed by atoms with Gasteiger partial charge in [-0.25, -0.2) is 17.2 Å². The molecule has 2 aromatic rings. The molecule has 0 radical (unpaired) electrons. The van der Waals surface area contributed by atoms with E-state index >= 15 is 0 Å². The summed E-state index contributed by atoms with van der Waals surface area (Å²) in [5.74, 6) is -2.21. The highest BCUT2D eigenvalue weighted by Gasteiger charge is 2.24. The summed E-state index contributed by atoms with van der Waals surface area (Å²) in [6, 6.07) is 4.32. The molecule has 0 unspecified atom stereocenters. The maximum atomic E-state index is 13.5. The van der Waals surface area contributed by atoms with E-state index in [0.29, 0.717) is 5.69 Å². The molecule has 0 aliphatic rings. The normalized spacial score (nSPS) is 11.8. The van der Waals surface area contributed by atoms with Crippen LogP contribution < -0.4 is 4.72 Å². The lowest BCUT2D eigenvalue weighted by molar-refractivity contribution is 0.521. The van der Waals surface area contributed by atoms with Crippen LogP contribution in [0.5, 0.6) is 0 Å². The van der Waals surface area contributed by atoms with Gasteiger partial charge in [-0.05, 0) is 18.1 Å². The number of nitrogens with one attached hydrogen (secondary N) is 2. The van der Waals surface area contributed by atoms with Gasteiger partial charge >= 0.3 is 0 Å². The van der Waals surface area contributed by atoms with Crippen molar-refractivity contribution in [2.75, 3.05) is 4.72 Å². The molecular formula is C12H13F2N3O2S. The van der Waals surface area contributed by atoms with E-state index < -0.39 is 26.6 Å². The molecule has 8 heteroatoms. The summed E-state index contributed by atoms with van der Waals surface area (Å²) in [4.78, 5) is -1.02. The van der Waals surface area contributed by atoms with E-state index in [1.165, 1.54) is 6.07 Å². The lowest BCUT2D eigenvalue weighted by atomic mass is 10.1. The summed E-state index contributed by atoms with van der Waals surface area (Å²) in [6.45, 7) is 3.78. The molecule has 20 heavy (non-hydrogen) atoms. The van der Waals surface area contributed by atoms with Crippen LogP contribution in [0, 0.1) is 11.6 Å². The van der Waals surface area contributed by atoms with E-state index in [0.717, 1.165) is 18.2 Å². The number of anilines is 1. The Morgan fingerprint density at radius 2 is 1.85 bits per heavy atom. The topological polar surface area (TPSA) is 74.8 Å². The monoisotopic (exact) mass is 301 g/mol. The lowest BCUT2D eigenvalue weighted by Crippen LogP contribution is -2.16. The summed E-state index contributed by atoms with van der Waals surface area (Å²) >= 11 is 0. The van der Waals surface area contributed by atoms with Crippen molar-refractivity contribution in [2.24, 2.45) is 0 Å². The first-order valence-electron chi connectivity index (χ1n) is 5.83. The Kier molecular flexibility index (Phi) is 3.76. The number of hydrogen-bond acceptors (Lipinski definition) is 3. The highest BCUT2D eigenvalue weighted by molar-refractivity contribution is 7.92. The molecule has 0 aliphatic carbocycles. The summed E-state index contributed by atoms with van der Waals surface area (Å²) in [6.07, 6.45) is 0. The quantitative estimate of drug-likeness (QED) is 0.911. The molecule has 0 bridgehead atoms. The minimum Gasteiger partial charge on any atom is -0.280 e. The van der Waals surface area contributed by atoms with Crippen LogP contribution in [-0.4, -0.2) is 18.6 Å². The van der Waals surface area contributed by atoms with E-state index in [1.807, 2.05) is 18.6 Å². The maximum absolute atomic E-state index is 13.5. The summed E-state index contributed by atoms with van der Waals surface area (Å²) in [5.41, 5.74) is 0.705. The predicted molar refractivity (Wildman–Crippen MR) is 69.8 cm³/mol. The molecule has 0 saturated carbocycles. The number of benzene rings is 1. The molecule has 0 saturated heterocycles. The number of aromatic amines is 1. The van der Waals surface area contributed by atoms with E-state index in [-0.39, 0.29) is 11.7 Å². The number of H-pyrrole nitrogens is 1. The van der Waals surface area contributed by atoms with E-state index in [2.05, 4.69) is 10.2 Å². The molecule has 1 aromatic carbocycles. The van der Waals surface area contributed by atoms with E-state index in [4.69, 9.17) is 0 Å². The Hall–Kier alpha value is -1.96. The molecule has 0 atom stereocenters. The van der Waals surface area contributed by atoms with Crippen LogP contribution in [0.2, 0.25) is 0 Å². The van der Waals surface area contributed by atoms with E-state index in [9.17, 15) is 17.2 Å². The SMILES string of the molecule is CC(C)c1cc(NS(=O)(=O)c2c(F)cccc2F)n[nH]1. The molecule has 0 amide bonds. The van der Waals surface area contributed by atoms with Crippen molar-refractivity contribution >= 4 is 15.8 Å². The molecule has 2 rings (SSSR count). The van der Waals surface area contributed by atoms with Crippen molar-refractivity contribution in [3.63, 3.8) is 0 Å². The Balaban J connectivity index is 2.36. The lowest BCUT2D eigenvalue weighted by Gasteiger charge is -2.07. The highest BCUT2D eigenvalue weighted by Crippen LogP contribution is 2.22. The van der Waals surface area contributed by atoms with Crippen LogP contribution in [0.25, 0.3) is 0 Å². The first-order chi connectivity index (χ1) is 9.31. The van der Waals surface area contributed by atoms with Gasteiger partial charge in [0.25, 0.3) is 10.0 Å². The van der Waals surface area contributed by atoms with Gasteiger partial charge in [0.1, 0.15) is 11.6 Å². The van der Waals surface area contributed by atoms with Gasteiger partial charge in [-0.15, -0.1) is 0 Å². The van der Waals surface area contributed by atoms with Gasteiger partial charge in [0.05, 0.1) is 0 Å². The molecule has 5 nitrogen and oxygen atoms in total. The summed E-state index contributed by atoms with van der Waals surface area (Å²) in [5, 5.41) is 6.39. The zero-order chi connectivity index (χ0) is 14.9. The van der Waals surface area contributed by atoms with Crippen LogP contribution in [0.3, 0.4) is 0 Å². The Labute approximate surface area is 115 Å². The second kappa shape index (κ2) is 5.20. The minimum atomic E-state index is -4.37. The van der Waals surface area contributed by atoms with Crippen molar-refractivity contribution in [2.45, 2.75) is 24.7 Å². The zero-order valence-corrected chi connectivity index (χ0v) is 11.6. The molecule has 108 valence electrons. The van der Waals surface area contributed by atoms with Gasteiger partial charge in [-0.3, -0.25) is 9.82 Å². The smallest absolute Gasteiger partial charge is 0.268 e. The van der Waals surface area contributed by atoms with Crippen molar-refractivity contribution in [1.82, 2.24) is 10.2 Å². The fourth-order valence-electron chi connectivity index (χ4n) is 1.61. The largest absolute Gasteiger partial charge is 0.280 e. The van der Waals surface area contributed by atoms with E-state index in [1.54, 1.807) is 0 Å². The van der Waals surface area contributed by atoms with Crippen LogP contribution in [0.4, 0.5) is 14.6 Å². The third-order valence-electron chi connectivity index (χ3n) is 2.65. The Morgan fingerprint density at radius 1 is 1.25 bits per heavy atom. The second-order valence-corrected chi connectivity index (χ2v) is 6.14. The number of rotatable bonds is 4. The van der Waals surface area contributed by atoms with Gasteiger partial charge in [0.15, 0.2) is 10.7 Å². The van der Waals surface area contributed by atoms with Gasteiger partial charge in [0.2, 0.25) is 0 Å². The van der Waals surface area contributed by atoms with Crippen LogP contribution >= 0.6 is 0 Å². The van der Waals surface area contributed by atoms with Crippen molar-refractivity contribution < 1.29 is 17.2 Å². The van der Waals surface area contributed by atoms with Gasteiger partial charge in [0, 0.05) is 11.8 Å². The van der Waals surface area contributed by atoms with Crippen molar-refractivity contribution in [3.05, 3.63) is 41.6 Å². The third kappa shape index (κ3) is 2.79. The second-order valence-electron chi connectivity index (χ2n) is 4.52. The van der Waals surface area contributed by atoms with Crippen molar-refractivity contribution in [3.8, 4) is 0 Å². The number of aromatic nitrogens is 2. The molecule has 0 spiro atoms. The number of hydrogen-bond donors (Lipinski definition) is 2. The third-order valence-corrected chi connectivity index (χ3v) is 4.05. The number of nitrogens with zero attached hydrogens (tertiary/aromatic N) is 1. The fraction of sp³-hybridized carbons (Fsp3) is 0.250. The Bertz CT molecular complexity index is 706. The minimum absolute atomic E-state index is 0.0173. The average molecular weight is 301 g/mol. The molecule has 1 aromatic heterocycles.